The first-order valence-corrected chi connectivity index (χ1v) is 8.91. The molecule has 0 aliphatic carbocycles. The predicted octanol–water partition coefficient (Wildman–Crippen LogP) is -0.315. The summed E-state index contributed by atoms with van der Waals surface area (Å²) in [4.78, 5) is 45.0. The van der Waals surface area contributed by atoms with Crippen LogP contribution in [0.5, 0.6) is 0 Å². The normalized spacial score (nSPS) is 10.6. The Labute approximate surface area is 156 Å². The average Bonchev–Trinajstić information content (AvgIpc) is 2.61. The molecule has 4 N–H and O–H groups in total. The molecule has 4 radical (unpaired) electrons. The topological polar surface area (TPSA) is 158 Å². The molecular weight excluding hydrogens is 392 g/mol. The highest BCUT2D eigenvalue weighted by Gasteiger charge is 2.25. The first kappa shape index (κ1) is 20.0. The van der Waals surface area contributed by atoms with Crippen molar-refractivity contribution in [2.75, 3.05) is 0 Å². The highest BCUT2D eigenvalue weighted by Crippen LogP contribution is 2.11. The van der Waals surface area contributed by atoms with Gasteiger partial charge in [-0.25, -0.2) is 19.2 Å². The number of carboxylic acids is 4. The van der Waals surface area contributed by atoms with Crippen molar-refractivity contribution in [2.24, 2.45) is 0 Å². The van der Waals surface area contributed by atoms with E-state index in [1.165, 1.54) is 12.1 Å². The molecule has 0 amide bonds. The standard InChI is InChI=1S/C16H10O9Si2/c17-13(18)9-3-1-7(5-11(9)15(21)22)27(25-26)8-2-4-10(14(19)20)12(6-8)16(23)24/h1-6H,(H,17,18)(H,19,20)(H,21,22)(H,23,24). The quantitative estimate of drug-likeness (QED) is 0.456. The molecule has 0 spiro atoms. The van der Waals surface area contributed by atoms with Crippen LogP contribution in [0.3, 0.4) is 0 Å². The van der Waals surface area contributed by atoms with Crippen molar-refractivity contribution < 1.29 is 43.7 Å². The van der Waals surface area contributed by atoms with Gasteiger partial charge in [-0.2, -0.15) is 0 Å². The zero-order chi connectivity index (χ0) is 20.3. The minimum atomic E-state index is -2.23. The molecule has 0 heterocycles. The van der Waals surface area contributed by atoms with E-state index in [1.54, 1.807) is 0 Å². The van der Waals surface area contributed by atoms with Crippen molar-refractivity contribution >= 4 is 53.8 Å². The lowest BCUT2D eigenvalue weighted by atomic mass is 10.1. The number of aromatic carboxylic acids is 4. The van der Waals surface area contributed by atoms with Gasteiger partial charge in [-0.1, -0.05) is 12.1 Å². The van der Waals surface area contributed by atoms with Gasteiger partial charge >= 0.3 is 23.9 Å². The molecule has 2 aromatic rings. The molecule has 9 nitrogen and oxygen atoms in total. The summed E-state index contributed by atoms with van der Waals surface area (Å²) >= 11 is 0. The predicted molar refractivity (Wildman–Crippen MR) is 92.6 cm³/mol. The number of hydrogen-bond acceptors (Lipinski definition) is 5. The van der Waals surface area contributed by atoms with Crippen molar-refractivity contribution in [3.05, 3.63) is 58.7 Å². The van der Waals surface area contributed by atoms with Crippen molar-refractivity contribution in [2.45, 2.75) is 0 Å². The fourth-order valence-corrected chi connectivity index (χ4v) is 4.68. The van der Waals surface area contributed by atoms with Gasteiger partial charge in [0.15, 0.2) is 0 Å². The molecule has 0 saturated heterocycles. The Morgan fingerprint density at radius 3 is 1.26 bits per heavy atom. The fourth-order valence-electron chi connectivity index (χ4n) is 2.38. The maximum absolute atomic E-state index is 11.3. The van der Waals surface area contributed by atoms with Crippen LogP contribution in [0, 0.1) is 0 Å². The van der Waals surface area contributed by atoms with E-state index in [4.69, 9.17) is 14.3 Å². The van der Waals surface area contributed by atoms with Crippen LogP contribution in [0.4, 0.5) is 0 Å². The lowest BCUT2D eigenvalue weighted by molar-refractivity contribution is 0.0651. The van der Waals surface area contributed by atoms with Crippen LogP contribution in [-0.4, -0.2) is 63.8 Å². The second kappa shape index (κ2) is 7.95. The van der Waals surface area contributed by atoms with Crippen LogP contribution in [0.25, 0.3) is 0 Å². The SMILES string of the molecule is O=C(O)c1ccc([Si](O[Si])c2ccc(C(=O)O)c(C(=O)O)c2)cc1C(=O)O. The average molecular weight is 402 g/mol. The van der Waals surface area contributed by atoms with E-state index in [9.17, 15) is 29.4 Å². The molecule has 0 fully saturated rings. The molecule has 0 atom stereocenters. The molecule has 2 rings (SSSR count). The van der Waals surface area contributed by atoms with Crippen LogP contribution >= 0.6 is 0 Å². The van der Waals surface area contributed by atoms with Gasteiger partial charge in [-0.3, -0.25) is 0 Å². The fraction of sp³-hybridized carbons (Fsp3) is 0. The third-order valence-corrected chi connectivity index (χ3v) is 6.07. The number of benzene rings is 2. The van der Waals surface area contributed by atoms with Gasteiger partial charge < -0.3 is 24.5 Å². The highest BCUT2D eigenvalue weighted by atomic mass is 28.3. The van der Waals surface area contributed by atoms with Gasteiger partial charge in [0.25, 0.3) is 9.04 Å². The van der Waals surface area contributed by atoms with E-state index in [1.807, 2.05) is 0 Å². The number of carboxylic acid groups (broad SMARTS) is 4. The molecule has 27 heavy (non-hydrogen) atoms. The second-order valence-corrected chi connectivity index (χ2v) is 7.80. The van der Waals surface area contributed by atoms with Crippen molar-refractivity contribution in [3.63, 3.8) is 0 Å². The molecule has 136 valence electrons. The summed E-state index contributed by atoms with van der Waals surface area (Å²) in [5.74, 6) is -5.72. The van der Waals surface area contributed by atoms with Crippen LogP contribution in [0.15, 0.2) is 36.4 Å². The van der Waals surface area contributed by atoms with Crippen molar-refractivity contribution in [1.82, 2.24) is 0 Å². The molecule has 2 aromatic carbocycles. The third-order valence-electron chi connectivity index (χ3n) is 3.59. The van der Waals surface area contributed by atoms with Crippen LogP contribution in [-0.2, 0) is 4.12 Å². The van der Waals surface area contributed by atoms with E-state index in [0.29, 0.717) is 10.4 Å². The molecule has 0 saturated carbocycles. The molecular formula is C16H10O9Si2. The Hall–Kier alpha value is -3.29. The Morgan fingerprint density at radius 2 is 1.00 bits per heavy atom. The Balaban J connectivity index is 2.60. The van der Waals surface area contributed by atoms with Crippen LogP contribution < -0.4 is 10.4 Å². The monoisotopic (exact) mass is 402 g/mol. The lowest BCUT2D eigenvalue weighted by Gasteiger charge is -2.16. The lowest BCUT2D eigenvalue weighted by Crippen LogP contribution is -2.45. The molecule has 0 aromatic heterocycles. The first-order chi connectivity index (χ1) is 12.7. The molecule has 0 aliphatic heterocycles. The van der Waals surface area contributed by atoms with Crippen LogP contribution in [0.1, 0.15) is 41.4 Å². The number of carbonyl (C=O) groups is 4. The van der Waals surface area contributed by atoms with Gasteiger partial charge in [0.1, 0.15) is 0 Å². The summed E-state index contributed by atoms with van der Waals surface area (Å²) in [6.07, 6.45) is 0. The smallest absolute Gasteiger partial charge is 0.336 e. The van der Waals surface area contributed by atoms with Gasteiger partial charge in [0, 0.05) is 0 Å². The minimum Gasteiger partial charge on any atom is -0.478 e. The number of hydrogen-bond donors (Lipinski definition) is 4. The second-order valence-electron chi connectivity index (χ2n) is 5.17. The van der Waals surface area contributed by atoms with Crippen molar-refractivity contribution in [1.29, 1.82) is 0 Å². The molecule has 0 unspecified atom stereocenters. The van der Waals surface area contributed by atoms with E-state index >= 15 is 0 Å². The van der Waals surface area contributed by atoms with Gasteiger partial charge in [0.2, 0.25) is 10.5 Å². The summed E-state index contributed by atoms with van der Waals surface area (Å²) in [6.45, 7) is 0. The maximum Gasteiger partial charge on any atom is 0.336 e. The maximum atomic E-state index is 11.3. The van der Waals surface area contributed by atoms with E-state index < -0.39 is 55.2 Å². The van der Waals surface area contributed by atoms with E-state index in [-0.39, 0.29) is 0 Å². The summed E-state index contributed by atoms with van der Waals surface area (Å²) in [5.41, 5.74) is -1.72. The molecule has 0 bridgehead atoms. The number of rotatable bonds is 7. The van der Waals surface area contributed by atoms with Crippen molar-refractivity contribution in [3.8, 4) is 0 Å². The van der Waals surface area contributed by atoms with Gasteiger partial charge in [-0.15, -0.1) is 0 Å². The minimum absolute atomic E-state index is 0.316. The Bertz CT molecular complexity index is 879. The third kappa shape index (κ3) is 4.11. The summed E-state index contributed by atoms with van der Waals surface area (Å²) < 4.78 is 5.22. The molecule has 11 heteroatoms. The van der Waals surface area contributed by atoms with E-state index in [2.05, 4.69) is 10.5 Å². The Morgan fingerprint density at radius 1 is 0.667 bits per heavy atom. The first-order valence-electron chi connectivity index (χ1n) is 7.10. The summed E-state index contributed by atoms with van der Waals surface area (Å²) in [5, 5.41) is 37.3. The molecule has 0 aliphatic rings. The largest absolute Gasteiger partial charge is 0.478 e. The zero-order valence-corrected chi connectivity index (χ0v) is 15.3. The Kier molecular flexibility index (Phi) is 5.89. The van der Waals surface area contributed by atoms with Crippen LogP contribution in [0.2, 0.25) is 0 Å². The summed E-state index contributed by atoms with van der Waals surface area (Å²) in [7, 11) is 0.648. The highest BCUT2D eigenvalue weighted by molar-refractivity contribution is 6.82. The van der Waals surface area contributed by atoms with E-state index in [0.717, 1.165) is 24.3 Å². The van der Waals surface area contributed by atoms with Gasteiger partial charge in [0.05, 0.1) is 22.3 Å². The summed E-state index contributed by atoms with van der Waals surface area (Å²) in [6, 6.07) is 7.20. The zero-order valence-electron chi connectivity index (χ0n) is 13.3. The van der Waals surface area contributed by atoms with Gasteiger partial charge in [-0.05, 0) is 34.6 Å².